The van der Waals surface area contributed by atoms with Gasteiger partial charge in [-0.1, -0.05) is 6.92 Å². The first-order valence-corrected chi connectivity index (χ1v) is 5.16. The van der Waals surface area contributed by atoms with E-state index in [1.807, 2.05) is 0 Å². The topological polar surface area (TPSA) is 21.3 Å². The van der Waals surface area contributed by atoms with Gasteiger partial charge in [-0.15, -0.1) is 11.6 Å². The van der Waals surface area contributed by atoms with Crippen molar-refractivity contribution >= 4 is 11.6 Å². The zero-order valence-electron chi connectivity index (χ0n) is 8.11. The lowest BCUT2D eigenvalue weighted by Gasteiger charge is -2.14. The highest BCUT2D eigenvalue weighted by Gasteiger charge is 2.02. The molecule has 0 rings (SSSR count). The number of alkyl halides is 1. The van der Waals surface area contributed by atoms with E-state index in [2.05, 4.69) is 12.2 Å². The number of halogens is 1. The lowest BCUT2D eigenvalue weighted by Crippen LogP contribution is -2.30. The normalized spacial score (nSPS) is 13.2. The average molecular weight is 194 g/mol. The highest BCUT2D eigenvalue weighted by molar-refractivity contribution is 6.17. The summed E-state index contributed by atoms with van der Waals surface area (Å²) in [4.78, 5) is 0. The minimum atomic E-state index is 0.583. The summed E-state index contributed by atoms with van der Waals surface area (Å²) in [6.07, 6.45) is 3.29. The first kappa shape index (κ1) is 12.2. The predicted molar refractivity (Wildman–Crippen MR) is 53.9 cm³/mol. The van der Waals surface area contributed by atoms with Gasteiger partial charge in [0.05, 0.1) is 0 Å². The smallest absolute Gasteiger partial charge is 0.0474 e. The van der Waals surface area contributed by atoms with Crippen molar-refractivity contribution in [3.8, 4) is 0 Å². The van der Waals surface area contributed by atoms with Crippen LogP contribution in [0.3, 0.4) is 0 Å². The van der Waals surface area contributed by atoms with Gasteiger partial charge in [0.25, 0.3) is 0 Å². The molecule has 2 nitrogen and oxygen atoms in total. The van der Waals surface area contributed by atoms with Gasteiger partial charge in [-0.2, -0.15) is 0 Å². The summed E-state index contributed by atoms with van der Waals surface area (Å²) in [6.45, 7) is 4.05. The fourth-order valence-electron chi connectivity index (χ4n) is 1.10. The summed E-state index contributed by atoms with van der Waals surface area (Å²) in [5, 5.41) is 3.44. The van der Waals surface area contributed by atoms with Crippen LogP contribution in [0.4, 0.5) is 0 Å². The van der Waals surface area contributed by atoms with Gasteiger partial charge in [0.2, 0.25) is 0 Å². The molecule has 1 atom stereocenters. The molecule has 0 aliphatic carbocycles. The molecule has 3 heteroatoms. The summed E-state index contributed by atoms with van der Waals surface area (Å²) in [5.74, 6) is 0.746. The highest BCUT2D eigenvalue weighted by atomic mass is 35.5. The minimum Gasteiger partial charge on any atom is -0.385 e. The fourth-order valence-corrected chi connectivity index (χ4v) is 1.37. The molecule has 0 radical (unpaired) electrons. The van der Waals surface area contributed by atoms with Gasteiger partial charge in [-0.3, -0.25) is 0 Å². The molecule has 0 aromatic rings. The van der Waals surface area contributed by atoms with Gasteiger partial charge in [-0.05, 0) is 25.8 Å². The molecule has 1 unspecified atom stereocenters. The van der Waals surface area contributed by atoms with Crippen molar-refractivity contribution in [2.24, 2.45) is 0 Å². The van der Waals surface area contributed by atoms with Gasteiger partial charge < -0.3 is 10.1 Å². The van der Waals surface area contributed by atoms with Crippen LogP contribution in [-0.2, 0) is 4.74 Å². The van der Waals surface area contributed by atoms with E-state index in [9.17, 15) is 0 Å². The van der Waals surface area contributed by atoms with Crippen molar-refractivity contribution in [2.45, 2.75) is 32.2 Å². The van der Waals surface area contributed by atoms with Crippen LogP contribution in [0, 0.1) is 0 Å². The highest BCUT2D eigenvalue weighted by Crippen LogP contribution is 1.98. The first-order chi connectivity index (χ1) is 5.85. The third-order valence-electron chi connectivity index (χ3n) is 1.91. The maximum Gasteiger partial charge on any atom is 0.0474 e. The van der Waals surface area contributed by atoms with E-state index in [0.29, 0.717) is 6.04 Å². The molecule has 74 valence electrons. The van der Waals surface area contributed by atoms with Gasteiger partial charge in [0.15, 0.2) is 0 Å². The van der Waals surface area contributed by atoms with E-state index in [4.69, 9.17) is 16.3 Å². The molecule has 1 N–H and O–H groups in total. The van der Waals surface area contributed by atoms with Crippen LogP contribution < -0.4 is 5.32 Å². The van der Waals surface area contributed by atoms with Gasteiger partial charge in [-0.25, -0.2) is 0 Å². The second-order valence-corrected chi connectivity index (χ2v) is 3.26. The molecule has 0 aromatic heterocycles. The van der Waals surface area contributed by atoms with Crippen molar-refractivity contribution in [3.05, 3.63) is 0 Å². The molecule has 0 saturated carbocycles. The van der Waals surface area contributed by atoms with Crippen LogP contribution in [-0.4, -0.2) is 32.2 Å². The SMILES string of the molecule is CCC(CCCl)NCCCOC. The first-order valence-electron chi connectivity index (χ1n) is 4.63. The molecule has 0 aliphatic heterocycles. The molecule has 0 saturated heterocycles. The Hall–Kier alpha value is 0.210. The average Bonchev–Trinajstić information content (AvgIpc) is 2.10. The minimum absolute atomic E-state index is 0.583. The molecular formula is C9H20ClNO. The Morgan fingerprint density at radius 2 is 2.25 bits per heavy atom. The number of hydrogen-bond acceptors (Lipinski definition) is 2. The van der Waals surface area contributed by atoms with E-state index in [0.717, 1.165) is 38.3 Å². The molecular weight excluding hydrogens is 174 g/mol. The number of methoxy groups -OCH3 is 1. The lowest BCUT2D eigenvalue weighted by atomic mass is 10.2. The van der Waals surface area contributed by atoms with Crippen LogP contribution in [0.2, 0.25) is 0 Å². The van der Waals surface area contributed by atoms with Crippen molar-refractivity contribution < 1.29 is 4.74 Å². The molecule has 0 amide bonds. The number of nitrogens with one attached hydrogen (secondary N) is 1. The maximum absolute atomic E-state index is 5.65. The van der Waals surface area contributed by atoms with Crippen molar-refractivity contribution in [3.63, 3.8) is 0 Å². The maximum atomic E-state index is 5.65. The van der Waals surface area contributed by atoms with Crippen LogP contribution in [0.25, 0.3) is 0 Å². The number of ether oxygens (including phenoxy) is 1. The fraction of sp³-hybridized carbons (Fsp3) is 1.00. The summed E-state index contributed by atoms with van der Waals surface area (Å²) < 4.78 is 4.95. The summed E-state index contributed by atoms with van der Waals surface area (Å²) in [6, 6.07) is 0.583. The van der Waals surface area contributed by atoms with Gasteiger partial charge in [0, 0.05) is 25.6 Å². The van der Waals surface area contributed by atoms with E-state index in [1.165, 1.54) is 0 Å². The Kier molecular flexibility index (Phi) is 9.46. The van der Waals surface area contributed by atoms with Gasteiger partial charge >= 0.3 is 0 Å². The largest absolute Gasteiger partial charge is 0.385 e. The number of rotatable bonds is 8. The molecule has 0 aromatic carbocycles. The molecule has 0 bridgehead atoms. The standard InChI is InChI=1S/C9H20ClNO/c1-3-9(5-6-10)11-7-4-8-12-2/h9,11H,3-8H2,1-2H3. The zero-order chi connectivity index (χ0) is 9.23. The van der Waals surface area contributed by atoms with Crippen molar-refractivity contribution in [1.82, 2.24) is 5.32 Å². The zero-order valence-corrected chi connectivity index (χ0v) is 8.86. The third kappa shape index (κ3) is 6.89. The second kappa shape index (κ2) is 9.30. The van der Waals surface area contributed by atoms with Crippen LogP contribution in [0.5, 0.6) is 0 Å². The lowest BCUT2D eigenvalue weighted by molar-refractivity contribution is 0.193. The third-order valence-corrected chi connectivity index (χ3v) is 2.13. The Morgan fingerprint density at radius 1 is 1.50 bits per heavy atom. The summed E-state index contributed by atoms with van der Waals surface area (Å²) in [7, 11) is 1.73. The number of hydrogen-bond donors (Lipinski definition) is 1. The van der Waals surface area contributed by atoms with E-state index < -0.39 is 0 Å². The van der Waals surface area contributed by atoms with Crippen molar-refractivity contribution in [1.29, 1.82) is 0 Å². The van der Waals surface area contributed by atoms with Crippen LogP contribution in [0.1, 0.15) is 26.2 Å². The molecule has 0 heterocycles. The molecule has 12 heavy (non-hydrogen) atoms. The molecule has 0 aliphatic rings. The Labute approximate surface area is 80.6 Å². The van der Waals surface area contributed by atoms with Crippen LogP contribution >= 0.6 is 11.6 Å². The van der Waals surface area contributed by atoms with E-state index >= 15 is 0 Å². The quantitative estimate of drug-likeness (QED) is 0.471. The van der Waals surface area contributed by atoms with Crippen molar-refractivity contribution in [2.75, 3.05) is 26.1 Å². The molecule has 0 spiro atoms. The van der Waals surface area contributed by atoms with Gasteiger partial charge in [0.1, 0.15) is 0 Å². The van der Waals surface area contributed by atoms with E-state index in [1.54, 1.807) is 7.11 Å². The Morgan fingerprint density at radius 3 is 2.75 bits per heavy atom. The monoisotopic (exact) mass is 193 g/mol. The second-order valence-electron chi connectivity index (χ2n) is 2.88. The Balaban J connectivity index is 3.19. The Bertz CT molecular complexity index is 90.6. The molecule has 0 fully saturated rings. The predicted octanol–water partition coefficient (Wildman–Crippen LogP) is 2.02. The summed E-state index contributed by atoms with van der Waals surface area (Å²) >= 11 is 5.65. The van der Waals surface area contributed by atoms with E-state index in [-0.39, 0.29) is 0 Å². The summed E-state index contributed by atoms with van der Waals surface area (Å²) in [5.41, 5.74) is 0. The van der Waals surface area contributed by atoms with Crippen LogP contribution in [0.15, 0.2) is 0 Å².